The van der Waals surface area contributed by atoms with Crippen LogP contribution in [0, 0.1) is 12.8 Å². The molecule has 1 aliphatic heterocycles. The number of pyridine rings is 1. The topological polar surface area (TPSA) is 113 Å². The second kappa shape index (κ2) is 10.4. The molecule has 0 saturated carbocycles. The fourth-order valence-electron chi connectivity index (χ4n) is 4.64. The van der Waals surface area contributed by atoms with Crippen LogP contribution in [-0.2, 0) is 11.4 Å². The van der Waals surface area contributed by atoms with E-state index in [2.05, 4.69) is 29.5 Å². The Balaban J connectivity index is 1.43. The summed E-state index contributed by atoms with van der Waals surface area (Å²) in [6.45, 7) is 6.99. The summed E-state index contributed by atoms with van der Waals surface area (Å²) >= 11 is 0. The van der Waals surface area contributed by atoms with Crippen LogP contribution in [0.25, 0.3) is 10.9 Å². The van der Waals surface area contributed by atoms with E-state index in [1.807, 2.05) is 37.3 Å². The van der Waals surface area contributed by atoms with Gasteiger partial charge in [-0.25, -0.2) is 5.48 Å². The summed E-state index contributed by atoms with van der Waals surface area (Å²) < 4.78 is 6.00. The highest BCUT2D eigenvalue weighted by molar-refractivity contribution is 5.95. The predicted molar refractivity (Wildman–Crippen MR) is 133 cm³/mol. The van der Waals surface area contributed by atoms with E-state index in [1.165, 1.54) is 0 Å². The molecule has 1 aliphatic rings. The first-order valence-electron chi connectivity index (χ1n) is 11.9. The Morgan fingerprint density at radius 3 is 2.60 bits per heavy atom. The van der Waals surface area contributed by atoms with Crippen molar-refractivity contribution in [3.8, 4) is 5.75 Å². The van der Waals surface area contributed by atoms with Crippen molar-refractivity contribution in [3.63, 3.8) is 0 Å². The van der Waals surface area contributed by atoms with E-state index in [0.717, 1.165) is 28.6 Å². The zero-order chi connectivity index (χ0) is 25.0. The maximum absolute atomic E-state index is 13.0. The molecule has 3 aromatic rings. The Hall–Kier alpha value is -3.49. The Labute approximate surface area is 205 Å². The Morgan fingerprint density at radius 2 is 1.94 bits per heavy atom. The number of amides is 2. The number of nitrogens with zero attached hydrogens (tertiary/aromatic N) is 1. The molecule has 35 heavy (non-hydrogen) atoms. The number of benzene rings is 2. The van der Waals surface area contributed by atoms with E-state index in [-0.39, 0.29) is 18.4 Å². The van der Waals surface area contributed by atoms with Gasteiger partial charge in [0.05, 0.1) is 17.5 Å². The molecule has 1 aromatic heterocycles. The SMILES string of the molecule is Cc1cc(COc2ccc(C(=O)NC3(CC(=O)NO)CNC3CC(C)C)cc2)c2ccccc2n1. The largest absolute Gasteiger partial charge is 0.489 e. The number of rotatable bonds is 9. The van der Waals surface area contributed by atoms with Crippen LogP contribution in [0.15, 0.2) is 54.6 Å². The number of para-hydroxylation sites is 1. The van der Waals surface area contributed by atoms with Gasteiger partial charge in [0.1, 0.15) is 12.4 Å². The monoisotopic (exact) mass is 476 g/mol. The summed E-state index contributed by atoms with van der Waals surface area (Å²) in [5, 5.41) is 16.4. The Kier molecular flexibility index (Phi) is 7.33. The molecule has 8 heteroatoms. The first-order chi connectivity index (χ1) is 16.8. The number of hydrogen-bond donors (Lipinski definition) is 4. The van der Waals surface area contributed by atoms with Gasteiger partial charge in [0.25, 0.3) is 5.91 Å². The fourth-order valence-corrected chi connectivity index (χ4v) is 4.64. The summed E-state index contributed by atoms with van der Waals surface area (Å²) in [7, 11) is 0. The van der Waals surface area contributed by atoms with E-state index in [4.69, 9.17) is 9.94 Å². The second-order valence-electron chi connectivity index (χ2n) is 9.64. The van der Waals surface area contributed by atoms with Gasteiger partial charge in [-0.15, -0.1) is 0 Å². The van der Waals surface area contributed by atoms with E-state index >= 15 is 0 Å². The first kappa shape index (κ1) is 24.6. The summed E-state index contributed by atoms with van der Waals surface area (Å²) in [6.07, 6.45) is 0.801. The number of aryl methyl sites for hydroxylation is 1. The van der Waals surface area contributed by atoms with Crippen molar-refractivity contribution in [1.29, 1.82) is 0 Å². The van der Waals surface area contributed by atoms with Crippen molar-refractivity contribution in [2.45, 2.75) is 51.8 Å². The number of hydrogen-bond acceptors (Lipinski definition) is 6. The van der Waals surface area contributed by atoms with Crippen LogP contribution in [0.1, 0.15) is 48.3 Å². The molecule has 0 aliphatic carbocycles. The highest BCUT2D eigenvalue weighted by Crippen LogP contribution is 2.29. The zero-order valence-electron chi connectivity index (χ0n) is 20.3. The van der Waals surface area contributed by atoms with Crippen LogP contribution in [0.5, 0.6) is 5.75 Å². The van der Waals surface area contributed by atoms with Gasteiger partial charge in [-0.3, -0.25) is 19.8 Å². The maximum Gasteiger partial charge on any atom is 0.251 e. The van der Waals surface area contributed by atoms with Crippen LogP contribution in [0.2, 0.25) is 0 Å². The number of carbonyl (C=O) groups excluding carboxylic acids is 2. The van der Waals surface area contributed by atoms with Gasteiger partial charge in [0, 0.05) is 34.8 Å². The standard InChI is InChI=1S/C27H32N4O4/c1-17(2)12-24-27(16-28-24,14-25(32)31-34)30-26(33)19-8-10-21(11-9-19)35-15-20-13-18(3)29-23-7-5-4-6-22(20)23/h4-11,13,17,24,28,34H,12,14-16H2,1-3H3,(H,30,33)(H,31,32). The van der Waals surface area contributed by atoms with Crippen LogP contribution in [-0.4, -0.2) is 40.1 Å². The zero-order valence-corrected chi connectivity index (χ0v) is 20.3. The molecule has 2 atom stereocenters. The second-order valence-corrected chi connectivity index (χ2v) is 9.64. The Bertz CT molecular complexity index is 1210. The number of fused-ring (bicyclic) bond motifs is 1. The quantitative estimate of drug-likeness (QED) is 0.278. The molecule has 1 fully saturated rings. The number of nitrogens with one attached hydrogen (secondary N) is 3. The molecule has 1 saturated heterocycles. The molecule has 8 nitrogen and oxygen atoms in total. The number of hydroxylamine groups is 1. The molecule has 2 aromatic carbocycles. The van der Waals surface area contributed by atoms with E-state index in [9.17, 15) is 9.59 Å². The number of ether oxygens (including phenoxy) is 1. The molecular formula is C27H32N4O4. The highest BCUT2D eigenvalue weighted by Gasteiger charge is 2.49. The summed E-state index contributed by atoms with van der Waals surface area (Å²) in [5.41, 5.74) is 4.33. The van der Waals surface area contributed by atoms with Crippen LogP contribution in [0.3, 0.4) is 0 Å². The minimum absolute atomic E-state index is 0.000126. The molecule has 2 unspecified atom stereocenters. The van der Waals surface area contributed by atoms with Crippen molar-refractivity contribution in [2.75, 3.05) is 6.54 Å². The lowest BCUT2D eigenvalue weighted by Gasteiger charge is -2.51. The molecule has 184 valence electrons. The molecule has 0 spiro atoms. The molecule has 4 N–H and O–H groups in total. The lowest BCUT2D eigenvalue weighted by Crippen LogP contribution is -2.76. The van der Waals surface area contributed by atoms with Gasteiger partial charge in [0.2, 0.25) is 5.91 Å². The average molecular weight is 477 g/mol. The number of aromatic nitrogens is 1. The molecule has 4 rings (SSSR count). The van der Waals surface area contributed by atoms with Gasteiger partial charge < -0.3 is 15.4 Å². The first-order valence-corrected chi connectivity index (χ1v) is 11.9. The lowest BCUT2D eigenvalue weighted by atomic mass is 9.75. The van der Waals surface area contributed by atoms with E-state index < -0.39 is 11.4 Å². The van der Waals surface area contributed by atoms with E-state index in [0.29, 0.717) is 30.4 Å². The van der Waals surface area contributed by atoms with Gasteiger partial charge in [-0.1, -0.05) is 32.0 Å². The smallest absolute Gasteiger partial charge is 0.251 e. The van der Waals surface area contributed by atoms with Crippen molar-refractivity contribution >= 4 is 22.7 Å². The normalized spacial score (nSPS) is 19.3. The molecular weight excluding hydrogens is 444 g/mol. The third-order valence-corrected chi connectivity index (χ3v) is 6.44. The number of carbonyl (C=O) groups is 2. The minimum Gasteiger partial charge on any atom is -0.489 e. The van der Waals surface area contributed by atoms with Crippen molar-refractivity contribution in [1.82, 2.24) is 21.1 Å². The minimum atomic E-state index is -0.746. The maximum atomic E-state index is 13.0. The van der Waals surface area contributed by atoms with Gasteiger partial charge in [0.15, 0.2) is 0 Å². The van der Waals surface area contributed by atoms with Crippen LogP contribution in [0.4, 0.5) is 0 Å². The van der Waals surface area contributed by atoms with Gasteiger partial charge >= 0.3 is 0 Å². The fraction of sp³-hybridized carbons (Fsp3) is 0.370. The molecule has 0 bridgehead atoms. The van der Waals surface area contributed by atoms with E-state index in [1.54, 1.807) is 29.7 Å². The van der Waals surface area contributed by atoms with Gasteiger partial charge in [-0.2, -0.15) is 0 Å². The van der Waals surface area contributed by atoms with Crippen molar-refractivity contribution in [2.24, 2.45) is 5.92 Å². The molecule has 0 radical (unpaired) electrons. The molecule has 2 heterocycles. The van der Waals surface area contributed by atoms with Crippen molar-refractivity contribution in [3.05, 3.63) is 71.4 Å². The lowest BCUT2D eigenvalue weighted by molar-refractivity contribution is -0.132. The highest BCUT2D eigenvalue weighted by atomic mass is 16.5. The third kappa shape index (κ3) is 5.61. The third-order valence-electron chi connectivity index (χ3n) is 6.44. The van der Waals surface area contributed by atoms with Crippen LogP contribution >= 0.6 is 0 Å². The average Bonchev–Trinajstić information content (AvgIpc) is 2.84. The molecule has 2 amide bonds. The van der Waals surface area contributed by atoms with Gasteiger partial charge in [-0.05, 0) is 55.7 Å². The summed E-state index contributed by atoms with van der Waals surface area (Å²) in [6, 6.07) is 16.9. The summed E-state index contributed by atoms with van der Waals surface area (Å²) in [4.78, 5) is 29.6. The predicted octanol–water partition coefficient (Wildman–Crippen LogP) is 3.50. The summed E-state index contributed by atoms with van der Waals surface area (Å²) in [5.74, 6) is 0.243. The Morgan fingerprint density at radius 1 is 1.20 bits per heavy atom. The van der Waals surface area contributed by atoms with Crippen LogP contribution < -0.4 is 20.9 Å². The van der Waals surface area contributed by atoms with Crippen molar-refractivity contribution < 1.29 is 19.5 Å².